The van der Waals surface area contributed by atoms with Crippen LogP contribution in [0.15, 0.2) is 41.8 Å². The van der Waals surface area contributed by atoms with E-state index in [1.165, 1.54) is 5.56 Å². The molecule has 0 radical (unpaired) electrons. The summed E-state index contributed by atoms with van der Waals surface area (Å²) in [6.45, 7) is 6.35. The molecular weight excluding hydrogens is 348 g/mol. The number of thiophene rings is 1. The quantitative estimate of drug-likeness (QED) is 0.878. The van der Waals surface area contributed by atoms with Crippen LogP contribution in [0.5, 0.6) is 0 Å². The largest absolute Gasteiger partial charge is 0.356 e. The van der Waals surface area contributed by atoms with E-state index >= 15 is 0 Å². The number of benzene rings is 1. The number of nitrogens with zero attached hydrogens (tertiary/aromatic N) is 1. The Balaban J connectivity index is 1.84. The Hall–Kier alpha value is -2.18. The van der Waals surface area contributed by atoms with E-state index in [9.17, 15) is 9.59 Å². The molecule has 0 spiro atoms. The van der Waals surface area contributed by atoms with Gasteiger partial charge in [-0.05, 0) is 43.3 Å². The molecule has 5 nitrogen and oxygen atoms in total. The number of aryl methyl sites for hydroxylation is 1. The van der Waals surface area contributed by atoms with Gasteiger partial charge in [0.1, 0.15) is 6.61 Å². The molecule has 1 fully saturated rings. The predicted molar refractivity (Wildman–Crippen MR) is 102 cm³/mol. The minimum Gasteiger partial charge on any atom is -0.356 e. The first-order chi connectivity index (χ1) is 12.5. The number of carbonyl (C=O) groups excluding carboxylic acids is 2. The highest BCUT2D eigenvalue weighted by Crippen LogP contribution is 2.32. The maximum Gasteiger partial charge on any atom is 0.251 e. The maximum atomic E-state index is 12.9. The summed E-state index contributed by atoms with van der Waals surface area (Å²) < 4.78 is 5.70. The molecular formula is C20H24N2O3S. The van der Waals surface area contributed by atoms with Gasteiger partial charge in [0.15, 0.2) is 6.10 Å². The van der Waals surface area contributed by atoms with Crippen LogP contribution in [0, 0.1) is 6.92 Å². The molecule has 2 heterocycles. The third kappa shape index (κ3) is 3.81. The Morgan fingerprint density at radius 3 is 2.65 bits per heavy atom. The highest BCUT2D eigenvalue weighted by atomic mass is 32.1. The van der Waals surface area contributed by atoms with Gasteiger partial charge in [-0.2, -0.15) is 0 Å². The molecule has 1 aromatic carbocycles. The van der Waals surface area contributed by atoms with Crippen LogP contribution in [0.4, 0.5) is 0 Å². The second-order valence-electron chi connectivity index (χ2n) is 6.73. The lowest BCUT2D eigenvalue weighted by Gasteiger charge is -2.42. The van der Waals surface area contributed by atoms with Gasteiger partial charge in [-0.25, -0.2) is 0 Å². The second-order valence-corrected chi connectivity index (χ2v) is 7.73. The van der Waals surface area contributed by atoms with Crippen molar-refractivity contribution >= 4 is 23.2 Å². The first-order valence-electron chi connectivity index (χ1n) is 8.77. The summed E-state index contributed by atoms with van der Waals surface area (Å²) in [5.74, 6) is -0.281. The number of morpholine rings is 1. The summed E-state index contributed by atoms with van der Waals surface area (Å²) in [7, 11) is 0. The molecule has 1 aliphatic rings. The van der Waals surface area contributed by atoms with Crippen molar-refractivity contribution in [1.29, 1.82) is 0 Å². The van der Waals surface area contributed by atoms with Crippen LogP contribution in [0.25, 0.3) is 0 Å². The van der Waals surface area contributed by atoms with Gasteiger partial charge in [0.2, 0.25) is 5.91 Å². The second kappa shape index (κ2) is 8.01. The predicted octanol–water partition coefficient (Wildman–Crippen LogP) is 3.05. The molecule has 26 heavy (non-hydrogen) atoms. The summed E-state index contributed by atoms with van der Waals surface area (Å²) in [6.07, 6.45) is -0.724. The third-order valence-electron chi connectivity index (χ3n) is 4.61. The van der Waals surface area contributed by atoms with Gasteiger partial charge in [-0.15, -0.1) is 11.3 Å². The Morgan fingerprint density at radius 1 is 1.31 bits per heavy atom. The van der Waals surface area contributed by atoms with Crippen LogP contribution < -0.4 is 5.32 Å². The molecule has 1 N–H and O–H groups in total. The molecule has 138 valence electrons. The summed E-state index contributed by atoms with van der Waals surface area (Å²) in [5, 5.41) is 4.99. The number of rotatable bonds is 5. The molecule has 0 bridgehead atoms. The topological polar surface area (TPSA) is 58.6 Å². The lowest BCUT2D eigenvalue weighted by molar-refractivity contribution is -0.167. The SMILES string of the molecule is Cc1ccsc1CNC(=O)[C@H]1OCC(=O)N(C(C)C)[C@@H]1c1ccccc1. The van der Waals surface area contributed by atoms with Crippen LogP contribution in [-0.4, -0.2) is 35.5 Å². The van der Waals surface area contributed by atoms with Crippen molar-refractivity contribution in [3.8, 4) is 0 Å². The smallest absolute Gasteiger partial charge is 0.251 e. The van der Waals surface area contributed by atoms with Gasteiger partial charge in [0.25, 0.3) is 5.91 Å². The minimum atomic E-state index is -0.724. The number of amides is 2. The average molecular weight is 372 g/mol. The maximum absolute atomic E-state index is 12.9. The zero-order valence-corrected chi connectivity index (χ0v) is 16.1. The molecule has 3 rings (SSSR count). The van der Waals surface area contributed by atoms with Crippen LogP contribution in [0.1, 0.15) is 35.9 Å². The van der Waals surface area contributed by atoms with Gasteiger partial charge < -0.3 is 15.0 Å². The highest BCUT2D eigenvalue weighted by Gasteiger charge is 2.42. The highest BCUT2D eigenvalue weighted by molar-refractivity contribution is 7.10. The molecule has 0 unspecified atom stereocenters. The first kappa shape index (κ1) is 18.6. The summed E-state index contributed by atoms with van der Waals surface area (Å²) in [4.78, 5) is 28.2. The molecule has 2 amide bonds. The van der Waals surface area contributed by atoms with E-state index in [1.807, 2.05) is 62.5 Å². The average Bonchev–Trinajstić information content (AvgIpc) is 3.04. The Kier molecular flexibility index (Phi) is 5.74. The number of ether oxygens (including phenoxy) is 1. The number of hydrogen-bond acceptors (Lipinski definition) is 4. The minimum absolute atomic E-state index is 0.0218. The van der Waals surface area contributed by atoms with Crippen LogP contribution in [0.3, 0.4) is 0 Å². The fourth-order valence-corrected chi connectivity index (χ4v) is 4.14. The molecule has 2 atom stereocenters. The fraction of sp³-hybridized carbons (Fsp3) is 0.400. The zero-order chi connectivity index (χ0) is 18.7. The fourth-order valence-electron chi connectivity index (χ4n) is 3.29. The standard InChI is InChI=1S/C20H24N2O3S/c1-13(2)22-17(23)12-25-19(18(22)15-7-5-4-6-8-15)20(24)21-11-16-14(3)9-10-26-16/h4-10,13,18-19H,11-12H2,1-3H3,(H,21,24)/t18-,19+/m1/s1. The van der Waals surface area contributed by atoms with E-state index in [-0.39, 0.29) is 24.5 Å². The van der Waals surface area contributed by atoms with Gasteiger partial charge in [0.05, 0.1) is 12.6 Å². The lowest BCUT2D eigenvalue weighted by Crippen LogP contribution is -2.56. The molecule has 1 saturated heterocycles. The summed E-state index contributed by atoms with van der Waals surface area (Å²) in [5.41, 5.74) is 2.07. The van der Waals surface area contributed by atoms with Crippen LogP contribution >= 0.6 is 11.3 Å². The number of hydrogen-bond donors (Lipinski definition) is 1. The lowest BCUT2D eigenvalue weighted by atomic mass is 9.96. The molecule has 0 saturated carbocycles. The monoisotopic (exact) mass is 372 g/mol. The van der Waals surface area contributed by atoms with Crippen molar-refractivity contribution < 1.29 is 14.3 Å². The van der Waals surface area contributed by atoms with Gasteiger partial charge in [-0.3, -0.25) is 9.59 Å². The van der Waals surface area contributed by atoms with Crippen molar-refractivity contribution in [2.75, 3.05) is 6.61 Å². The summed E-state index contributed by atoms with van der Waals surface area (Å²) in [6, 6.07) is 11.2. The third-order valence-corrected chi connectivity index (χ3v) is 5.63. The zero-order valence-electron chi connectivity index (χ0n) is 15.3. The normalized spacial score (nSPS) is 20.5. The van der Waals surface area contributed by atoms with Gasteiger partial charge in [-0.1, -0.05) is 30.3 Å². The van der Waals surface area contributed by atoms with E-state index in [1.54, 1.807) is 16.2 Å². The molecule has 1 aliphatic heterocycles. The van der Waals surface area contributed by atoms with Crippen molar-refractivity contribution in [1.82, 2.24) is 10.2 Å². The van der Waals surface area contributed by atoms with Crippen molar-refractivity contribution in [3.63, 3.8) is 0 Å². The Bertz CT molecular complexity index is 772. The molecule has 6 heteroatoms. The van der Waals surface area contributed by atoms with E-state index in [0.717, 1.165) is 10.4 Å². The van der Waals surface area contributed by atoms with E-state index in [0.29, 0.717) is 6.54 Å². The van der Waals surface area contributed by atoms with Crippen LogP contribution in [-0.2, 0) is 20.9 Å². The molecule has 1 aromatic heterocycles. The van der Waals surface area contributed by atoms with E-state index in [4.69, 9.17) is 4.74 Å². The van der Waals surface area contributed by atoms with Gasteiger partial charge in [0, 0.05) is 10.9 Å². The summed E-state index contributed by atoms with van der Waals surface area (Å²) >= 11 is 1.62. The molecule has 0 aliphatic carbocycles. The molecule has 2 aromatic rings. The Labute approximate surface area is 158 Å². The van der Waals surface area contributed by atoms with Crippen molar-refractivity contribution in [3.05, 3.63) is 57.8 Å². The number of carbonyl (C=O) groups is 2. The van der Waals surface area contributed by atoms with Crippen LogP contribution in [0.2, 0.25) is 0 Å². The van der Waals surface area contributed by atoms with E-state index in [2.05, 4.69) is 5.32 Å². The Morgan fingerprint density at radius 2 is 2.04 bits per heavy atom. The number of nitrogens with one attached hydrogen (secondary N) is 1. The van der Waals surface area contributed by atoms with Crippen molar-refractivity contribution in [2.24, 2.45) is 0 Å². The van der Waals surface area contributed by atoms with Gasteiger partial charge >= 0.3 is 0 Å². The van der Waals surface area contributed by atoms with Crippen molar-refractivity contribution in [2.45, 2.75) is 45.5 Å². The first-order valence-corrected chi connectivity index (χ1v) is 9.65. The van der Waals surface area contributed by atoms with E-state index < -0.39 is 12.1 Å².